The Morgan fingerprint density at radius 2 is 2.04 bits per heavy atom. The van der Waals surface area contributed by atoms with Crippen LogP contribution in [0.15, 0.2) is 30.5 Å². The standard InChI is InChI=1S/C17H16ClF2N5O2/c1-25-17(22-11-3-4-12(18)13(19)8-11)23-16(24-25)10-7-14(15(20)21-9-10)27-6-5-26-2/h3-4,7-9H,5-6H2,1-2H3,(H,22,23,24). The Labute approximate surface area is 158 Å². The van der Waals surface area contributed by atoms with Gasteiger partial charge in [-0.05, 0) is 24.3 Å². The number of anilines is 2. The number of aromatic nitrogens is 4. The molecule has 2 heterocycles. The first-order chi connectivity index (χ1) is 13.0. The molecule has 2 aromatic heterocycles. The van der Waals surface area contributed by atoms with E-state index < -0.39 is 11.8 Å². The topological polar surface area (TPSA) is 74.1 Å². The van der Waals surface area contributed by atoms with E-state index in [2.05, 4.69) is 20.4 Å². The van der Waals surface area contributed by atoms with Gasteiger partial charge < -0.3 is 14.8 Å². The number of nitrogens with one attached hydrogen (secondary N) is 1. The summed E-state index contributed by atoms with van der Waals surface area (Å²) in [7, 11) is 3.19. The van der Waals surface area contributed by atoms with E-state index >= 15 is 0 Å². The van der Waals surface area contributed by atoms with E-state index in [9.17, 15) is 8.78 Å². The summed E-state index contributed by atoms with van der Waals surface area (Å²) < 4.78 is 39.0. The number of benzene rings is 1. The van der Waals surface area contributed by atoms with Crippen LogP contribution in [0.1, 0.15) is 0 Å². The lowest BCUT2D eigenvalue weighted by molar-refractivity contribution is 0.143. The number of aryl methyl sites for hydroxylation is 1. The summed E-state index contributed by atoms with van der Waals surface area (Å²) in [6.45, 7) is 0.500. The highest BCUT2D eigenvalue weighted by Crippen LogP contribution is 2.25. The Morgan fingerprint density at radius 3 is 2.78 bits per heavy atom. The quantitative estimate of drug-likeness (QED) is 0.487. The fraction of sp³-hybridized carbons (Fsp3) is 0.235. The van der Waals surface area contributed by atoms with Gasteiger partial charge in [-0.1, -0.05) is 11.6 Å². The molecular weight excluding hydrogens is 380 g/mol. The molecule has 0 spiro atoms. The second-order valence-corrected chi connectivity index (χ2v) is 5.90. The van der Waals surface area contributed by atoms with Crippen LogP contribution in [0.25, 0.3) is 11.4 Å². The molecule has 0 unspecified atom stereocenters. The van der Waals surface area contributed by atoms with E-state index in [4.69, 9.17) is 21.1 Å². The molecule has 0 fully saturated rings. The molecule has 1 aromatic carbocycles. The second kappa shape index (κ2) is 8.28. The first-order valence-electron chi connectivity index (χ1n) is 7.88. The maximum absolute atomic E-state index is 13.8. The monoisotopic (exact) mass is 395 g/mol. The van der Waals surface area contributed by atoms with Gasteiger partial charge in [-0.25, -0.2) is 14.1 Å². The van der Waals surface area contributed by atoms with Gasteiger partial charge in [-0.2, -0.15) is 9.37 Å². The van der Waals surface area contributed by atoms with Crippen LogP contribution in [0.2, 0.25) is 5.02 Å². The molecule has 0 aliphatic carbocycles. The molecule has 7 nitrogen and oxygen atoms in total. The number of nitrogens with zero attached hydrogens (tertiary/aromatic N) is 4. The predicted octanol–water partition coefficient (Wildman–Crippen LogP) is 3.58. The Kier molecular flexibility index (Phi) is 5.82. The van der Waals surface area contributed by atoms with Crippen LogP contribution in [0.4, 0.5) is 20.4 Å². The molecule has 0 saturated heterocycles. The molecule has 0 aliphatic heterocycles. The minimum absolute atomic E-state index is 0.0220. The summed E-state index contributed by atoms with van der Waals surface area (Å²) in [5, 5.41) is 7.24. The zero-order valence-electron chi connectivity index (χ0n) is 14.5. The van der Waals surface area contributed by atoms with Crippen LogP contribution < -0.4 is 10.1 Å². The number of halogens is 3. The highest BCUT2D eigenvalue weighted by Gasteiger charge is 2.14. The molecule has 3 aromatic rings. The molecule has 10 heteroatoms. The minimum Gasteiger partial charge on any atom is -0.486 e. The number of ether oxygens (including phenoxy) is 2. The SMILES string of the molecule is COCCOc1cc(-c2nc(Nc3ccc(Cl)c(F)c3)n(C)n2)cnc1F. The molecule has 0 saturated carbocycles. The molecule has 142 valence electrons. The lowest BCUT2D eigenvalue weighted by Gasteiger charge is -2.06. The van der Waals surface area contributed by atoms with E-state index in [1.807, 2.05) is 0 Å². The van der Waals surface area contributed by atoms with Crippen molar-refractivity contribution in [1.29, 1.82) is 0 Å². The first-order valence-corrected chi connectivity index (χ1v) is 8.26. The van der Waals surface area contributed by atoms with E-state index in [0.717, 1.165) is 0 Å². The molecule has 27 heavy (non-hydrogen) atoms. The van der Waals surface area contributed by atoms with E-state index in [1.165, 1.54) is 36.2 Å². The summed E-state index contributed by atoms with van der Waals surface area (Å²) in [6.07, 6.45) is 1.31. The molecule has 0 bridgehead atoms. The fourth-order valence-electron chi connectivity index (χ4n) is 2.20. The third-order valence-electron chi connectivity index (χ3n) is 3.55. The fourth-order valence-corrected chi connectivity index (χ4v) is 2.32. The van der Waals surface area contributed by atoms with Gasteiger partial charge >= 0.3 is 0 Å². The third-order valence-corrected chi connectivity index (χ3v) is 3.86. The number of methoxy groups -OCH3 is 1. The van der Waals surface area contributed by atoms with Gasteiger partial charge in [0.25, 0.3) is 5.95 Å². The van der Waals surface area contributed by atoms with Crippen LogP contribution in [-0.2, 0) is 11.8 Å². The smallest absolute Gasteiger partial charge is 0.255 e. The predicted molar refractivity (Wildman–Crippen MR) is 96.3 cm³/mol. The van der Waals surface area contributed by atoms with Crippen molar-refractivity contribution in [3.05, 3.63) is 47.2 Å². The van der Waals surface area contributed by atoms with Crippen molar-refractivity contribution in [3.8, 4) is 17.1 Å². The molecule has 0 aliphatic rings. The zero-order chi connectivity index (χ0) is 19.4. The Morgan fingerprint density at radius 1 is 1.22 bits per heavy atom. The van der Waals surface area contributed by atoms with E-state index in [0.29, 0.717) is 29.6 Å². The number of hydrogen-bond acceptors (Lipinski definition) is 6. The summed E-state index contributed by atoms with van der Waals surface area (Å²) >= 11 is 5.68. The van der Waals surface area contributed by atoms with Crippen molar-refractivity contribution in [2.75, 3.05) is 25.6 Å². The maximum atomic E-state index is 13.8. The molecular formula is C17H16ClF2N5O2. The molecule has 0 radical (unpaired) electrons. The average molecular weight is 396 g/mol. The van der Waals surface area contributed by atoms with Crippen LogP contribution in [0.5, 0.6) is 5.75 Å². The molecule has 3 rings (SSSR count). The van der Waals surface area contributed by atoms with Gasteiger partial charge in [-0.15, -0.1) is 5.10 Å². The molecule has 0 atom stereocenters. The molecule has 0 amide bonds. The highest BCUT2D eigenvalue weighted by atomic mass is 35.5. The largest absolute Gasteiger partial charge is 0.486 e. The van der Waals surface area contributed by atoms with Gasteiger partial charge in [-0.3, -0.25) is 0 Å². The Balaban J connectivity index is 1.83. The van der Waals surface area contributed by atoms with Crippen molar-refractivity contribution < 1.29 is 18.3 Å². The molecule has 1 N–H and O–H groups in total. The lowest BCUT2D eigenvalue weighted by atomic mass is 10.2. The summed E-state index contributed by atoms with van der Waals surface area (Å²) in [6, 6.07) is 5.75. The van der Waals surface area contributed by atoms with Crippen molar-refractivity contribution in [1.82, 2.24) is 19.7 Å². The van der Waals surface area contributed by atoms with E-state index in [-0.39, 0.29) is 17.4 Å². The second-order valence-electron chi connectivity index (χ2n) is 5.49. The summed E-state index contributed by atoms with van der Waals surface area (Å²) in [5.41, 5.74) is 0.925. The first kappa shape index (κ1) is 19.0. The van der Waals surface area contributed by atoms with Gasteiger partial charge in [0.05, 0.1) is 11.6 Å². The van der Waals surface area contributed by atoms with Crippen molar-refractivity contribution in [2.24, 2.45) is 7.05 Å². The minimum atomic E-state index is -0.735. The zero-order valence-corrected chi connectivity index (χ0v) is 15.3. The van der Waals surface area contributed by atoms with Crippen molar-refractivity contribution >= 4 is 23.2 Å². The van der Waals surface area contributed by atoms with Gasteiger partial charge in [0.1, 0.15) is 12.4 Å². The van der Waals surface area contributed by atoms with Gasteiger partial charge in [0.15, 0.2) is 11.6 Å². The van der Waals surface area contributed by atoms with Crippen LogP contribution in [-0.4, -0.2) is 40.1 Å². The van der Waals surface area contributed by atoms with Gasteiger partial charge in [0, 0.05) is 31.6 Å². The van der Waals surface area contributed by atoms with Crippen LogP contribution in [0.3, 0.4) is 0 Å². The summed E-state index contributed by atoms with van der Waals surface area (Å²) in [5.74, 6) is -0.645. The van der Waals surface area contributed by atoms with Gasteiger partial charge in [0.2, 0.25) is 5.95 Å². The van der Waals surface area contributed by atoms with Crippen LogP contribution >= 0.6 is 11.6 Å². The number of pyridine rings is 1. The summed E-state index contributed by atoms with van der Waals surface area (Å²) in [4.78, 5) is 8.01. The third kappa shape index (κ3) is 4.50. The van der Waals surface area contributed by atoms with E-state index in [1.54, 1.807) is 13.1 Å². The normalized spacial score (nSPS) is 10.9. The number of rotatable bonds is 7. The lowest BCUT2D eigenvalue weighted by Crippen LogP contribution is -2.06. The Hall–Kier alpha value is -2.78. The highest BCUT2D eigenvalue weighted by molar-refractivity contribution is 6.30. The number of hydrogen-bond donors (Lipinski definition) is 1. The van der Waals surface area contributed by atoms with Crippen LogP contribution in [0, 0.1) is 11.8 Å². The average Bonchev–Trinajstić information content (AvgIpc) is 3.00. The van der Waals surface area contributed by atoms with Crippen molar-refractivity contribution in [2.45, 2.75) is 0 Å². The van der Waals surface area contributed by atoms with Crippen molar-refractivity contribution in [3.63, 3.8) is 0 Å². The maximum Gasteiger partial charge on any atom is 0.255 e. The Bertz CT molecular complexity index is 951.